The largest absolute Gasteiger partial charge is 0.192 e. The van der Waals surface area contributed by atoms with E-state index in [2.05, 4.69) is 16.3 Å². The number of nitriles is 1. The minimum atomic E-state index is 0.699. The van der Waals surface area contributed by atoms with Crippen LogP contribution < -0.4 is 5.19 Å². The van der Waals surface area contributed by atoms with Crippen LogP contribution in [0.2, 0.25) is 0 Å². The highest BCUT2D eigenvalue weighted by Crippen LogP contribution is 1.98. The average molecular weight is 144 g/mol. The summed E-state index contributed by atoms with van der Waals surface area (Å²) in [6.07, 6.45) is 0. The second kappa shape index (κ2) is 2.67. The van der Waals surface area contributed by atoms with Gasteiger partial charge < -0.3 is 0 Å². The molecule has 0 amide bonds. The fraction of sp³-hybridized carbons (Fsp3) is 0.125. The van der Waals surface area contributed by atoms with E-state index in [1.165, 1.54) is 0 Å². The molecule has 0 heterocycles. The van der Waals surface area contributed by atoms with Crippen LogP contribution in [0.1, 0.15) is 11.1 Å². The molecule has 0 aliphatic rings. The van der Waals surface area contributed by atoms with Crippen LogP contribution >= 0.6 is 0 Å². The van der Waals surface area contributed by atoms with Crippen molar-refractivity contribution in [1.29, 1.82) is 5.26 Å². The zero-order valence-electron chi connectivity index (χ0n) is 5.68. The van der Waals surface area contributed by atoms with Gasteiger partial charge in [0.05, 0.1) is 21.9 Å². The van der Waals surface area contributed by atoms with E-state index >= 15 is 0 Å². The molecule has 1 nitrogen and oxygen atoms in total. The average Bonchev–Trinajstić information content (AvgIpc) is 1.85. The van der Waals surface area contributed by atoms with Crippen LogP contribution in [-0.4, -0.2) is 10.2 Å². The lowest BCUT2D eigenvalue weighted by molar-refractivity contribution is 1.44. The van der Waals surface area contributed by atoms with Gasteiger partial charge in [0.25, 0.3) is 0 Å². The predicted octanol–water partition coefficient (Wildman–Crippen LogP) is 0.660. The van der Waals surface area contributed by atoms with Crippen LogP contribution in [0.25, 0.3) is 0 Å². The maximum absolute atomic E-state index is 8.51. The van der Waals surface area contributed by atoms with Crippen LogP contribution in [0.5, 0.6) is 0 Å². The smallest absolute Gasteiger partial charge is 0.0991 e. The molecule has 0 saturated heterocycles. The maximum Gasteiger partial charge on any atom is 0.0991 e. The van der Waals surface area contributed by atoms with Crippen molar-refractivity contribution >= 4 is 15.4 Å². The molecule has 1 aromatic carbocycles. The Kier molecular flexibility index (Phi) is 1.88. The molecule has 0 aliphatic carbocycles. The van der Waals surface area contributed by atoms with Gasteiger partial charge in [0.2, 0.25) is 0 Å². The summed E-state index contributed by atoms with van der Waals surface area (Å²) in [6.45, 7) is 1.96. The minimum Gasteiger partial charge on any atom is -0.192 e. The number of aryl methyl sites for hydroxylation is 1. The minimum absolute atomic E-state index is 0.699. The van der Waals surface area contributed by atoms with Gasteiger partial charge in [-0.1, -0.05) is 11.3 Å². The fourth-order valence-electron chi connectivity index (χ4n) is 0.848. The first-order valence-corrected chi connectivity index (χ1v) is 3.46. The third-order valence-electron chi connectivity index (χ3n) is 1.21. The molecular formula is C8H6NSi. The summed E-state index contributed by atoms with van der Waals surface area (Å²) in [7, 11) is 3.35. The third-order valence-corrected chi connectivity index (χ3v) is 1.50. The van der Waals surface area contributed by atoms with Crippen molar-refractivity contribution in [2.75, 3.05) is 0 Å². The first-order valence-electron chi connectivity index (χ1n) is 2.96. The highest BCUT2D eigenvalue weighted by Gasteiger charge is 1.91. The monoisotopic (exact) mass is 144 g/mol. The van der Waals surface area contributed by atoms with Gasteiger partial charge in [-0.15, -0.1) is 0 Å². The Balaban J connectivity index is 3.22. The lowest BCUT2D eigenvalue weighted by atomic mass is 10.2. The normalized spacial score (nSPS) is 8.90. The van der Waals surface area contributed by atoms with E-state index in [1.807, 2.05) is 19.1 Å². The lowest BCUT2D eigenvalue weighted by Crippen LogP contribution is -2.02. The summed E-state index contributed by atoms with van der Waals surface area (Å²) >= 11 is 0. The standard InChI is InChI=1S/C8H6NSi/c1-6-2-7(5-9)4-8(10)3-6/h2-4H,1H3. The van der Waals surface area contributed by atoms with Crippen molar-refractivity contribution in [3.8, 4) is 6.07 Å². The molecule has 0 saturated carbocycles. The Morgan fingerprint density at radius 3 is 2.60 bits per heavy atom. The zero-order chi connectivity index (χ0) is 7.56. The van der Waals surface area contributed by atoms with Gasteiger partial charge in [0, 0.05) is 0 Å². The molecular weight excluding hydrogens is 138 g/mol. The highest BCUT2D eigenvalue weighted by atomic mass is 28.1. The Bertz CT molecular complexity index is 266. The van der Waals surface area contributed by atoms with Gasteiger partial charge in [0.15, 0.2) is 0 Å². The van der Waals surface area contributed by atoms with Gasteiger partial charge in [-0.3, -0.25) is 0 Å². The molecule has 2 heteroatoms. The molecule has 0 N–H and O–H groups in total. The van der Waals surface area contributed by atoms with Crippen LogP contribution in [0.4, 0.5) is 0 Å². The molecule has 0 aliphatic heterocycles. The quantitative estimate of drug-likeness (QED) is 0.491. The van der Waals surface area contributed by atoms with Crippen molar-refractivity contribution in [3.63, 3.8) is 0 Å². The molecule has 0 bridgehead atoms. The van der Waals surface area contributed by atoms with Crippen LogP contribution in [0.15, 0.2) is 18.2 Å². The molecule has 10 heavy (non-hydrogen) atoms. The summed E-state index contributed by atoms with van der Waals surface area (Å²) in [4.78, 5) is 0. The van der Waals surface area contributed by atoms with E-state index in [-0.39, 0.29) is 0 Å². The van der Waals surface area contributed by atoms with E-state index in [9.17, 15) is 0 Å². The van der Waals surface area contributed by atoms with Crippen molar-refractivity contribution < 1.29 is 0 Å². The van der Waals surface area contributed by atoms with Gasteiger partial charge in [-0.05, 0) is 24.6 Å². The molecule has 1 rings (SSSR count). The number of nitrogens with zero attached hydrogens (tertiary/aromatic N) is 1. The first kappa shape index (κ1) is 7.04. The Morgan fingerprint density at radius 1 is 1.40 bits per heavy atom. The third kappa shape index (κ3) is 1.46. The number of hydrogen-bond acceptors (Lipinski definition) is 1. The van der Waals surface area contributed by atoms with Gasteiger partial charge in [-0.25, -0.2) is 0 Å². The molecule has 0 unspecified atom stereocenters. The second-order valence-corrected chi connectivity index (χ2v) is 2.78. The van der Waals surface area contributed by atoms with E-state index in [4.69, 9.17) is 5.26 Å². The number of rotatable bonds is 0. The van der Waals surface area contributed by atoms with Gasteiger partial charge >= 0.3 is 0 Å². The summed E-state index contributed by atoms with van der Waals surface area (Å²) in [5, 5.41) is 9.47. The lowest BCUT2D eigenvalue weighted by Gasteiger charge is -1.95. The molecule has 0 fully saturated rings. The Labute approximate surface area is 63.7 Å². The van der Waals surface area contributed by atoms with E-state index in [0.717, 1.165) is 10.8 Å². The Morgan fingerprint density at radius 2 is 2.10 bits per heavy atom. The van der Waals surface area contributed by atoms with Gasteiger partial charge in [-0.2, -0.15) is 5.26 Å². The molecule has 47 valence electrons. The number of benzene rings is 1. The molecule has 0 spiro atoms. The van der Waals surface area contributed by atoms with Crippen LogP contribution in [0.3, 0.4) is 0 Å². The summed E-state index contributed by atoms with van der Waals surface area (Å²) in [5.41, 5.74) is 1.80. The SMILES string of the molecule is Cc1cc([Si])cc(C#N)c1. The summed E-state index contributed by atoms with van der Waals surface area (Å²) in [5.74, 6) is 0. The molecule has 1 aromatic rings. The van der Waals surface area contributed by atoms with Crippen molar-refractivity contribution in [3.05, 3.63) is 29.3 Å². The van der Waals surface area contributed by atoms with E-state index in [1.54, 1.807) is 6.07 Å². The van der Waals surface area contributed by atoms with Crippen molar-refractivity contribution in [2.45, 2.75) is 6.92 Å². The summed E-state index contributed by atoms with van der Waals surface area (Å²) in [6, 6.07) is 7.69. The summed E-state index contributed by atoms with van der Waals surface area (Å²) < 4.78 is 0. The first-order chi connectivity index (χ1) is 4.72. The maximum atomic E-state index is 8.51. The van der Waals surface area contributed by atoms with E-state index in [0.29, 0.717) is 5.56 Å². The number of hydrogen-bond donors (Lipinski definition) is 0. The van der Waals surface area contributed by atoms with Crippen molar-refractivity contribution in [2.24, 2.45) is 0 Å². The second-order valence-electron chi connectivity index (χ2n) is 2.20. The topological polar surface area (TPSA) is 23.8 Å². The van der Waals surface area contributed by atoms with Crippen molar-refractivity contribution in [1.82, 2.24) is 0 Å². The van der Waals surface area contributed by atoms with Crippen LogP contribution in [0, 0.1) is 18.3 Å². The molecule has 3 radical (unpaired) electrons. The zero-order valence-corrected chi connectivity index (χ0v) is 6.68. The molecule has 0 aromatic heterocycles. The Hall–Kier alpha value is -1.07. The van der Waals surface area contributed by atoms with Gasteiger partial charge in [0.1, 0.15) is 0 Å². The van der Waals surface area contributed by atoms with E-state index < -0.39 is 0 Å². The highest BCUT2D eigenvalue weighted by molar-refractivity contribution is 6.32. The predicted molar refractivity (Wildman–Crippen MR) is 41.3 cm³/mol. The molecule has 0 atom stereocenters. The van der Waals surface area contributed by atoms with Crippen LogP contribution in [-0.2, 0) is 0 Å². The fourth-order valence-corrected chi connectivity index (χ4v) is 1.23.